The van der Waals surface area contributed by atoms with Crippen LogP contribution in [0.2, 0.25) is 5.02 Å². The van der Waals surface area contributed by atoms with Gasteiger partial charge in [0.05, 0.1) is 27.1 Å². The van der Waals surface area contributed by atoms with Crippen molar-refractivity contribution in [3.8, 4) is 11.8 Å². The minimum Gasteiger partial charge on any atom is -0.384 e. The lowest BCUT2D eigenvalue weighted by atomic mass is 10.0. The number of aliphatic hydroxyl groups is 1. The van der Waals surface area contributed by atoms with Gasteiger partial charge in [0.25, 0.3) is 5.91 Å². The summed E-state index contributed by atoms with van der Waals surface area (Å²) in [7, 11) is 1.89. The largest absolute Gasteiger partial charge is 0.384 e. The van der Waals surface area contributed by atoms with E-state index in [1.165, 1.54) is 11.3 Å². The molecule has 0 unspecified atom stereocenters. The molecule has 6 nitrogen and oxygen atoms in total. The van der Waals surface area contributed by atoms with Crippen molar-refractivity contribution in [1.82, 2.24) is 14.9 Å². The van der Waals surface area contributed by atoms with Crippen LogP contribution in [0.5, 0.6) is 0 Å². The van der Waals surface area contributed by atoms with Crippen LogP contribution in [0.1, 0.15) is 28.1 Å². The number of anilines is 1. The second kappa shape index (κ2) is 9.00. The molecule has 0 spiro atoms. The molecular formula is C22H21ClN4O2S. The number of thiophene rings is 1. The highest BCUT2D eigenvalue weighted by Gasteiger charge is 2.27. The third-order valence-corrected chi connectivity index (χ3v) is 6.48. The van der Waals surface area contributed by atoms with E-state index < -0.39 is 0 Å². The number of amides is 1. The summed E-state index contributed by atoms with van der Waals surface area (Å²) < 4.78 is 0. The second-order valence-electron chi connectivity index (χ2n) is 7.12. The Morgan fingerprint density at radius 3 is 2.87 bits per heavy atom. The number of hydrogen-bond donors (Lipinski definition) is 1. The number of benzene rings is 1. The number of nitrogens with zero attached hydrogens (tertiary/aromatic N) is 4. The number of hydrogen-bond acceptors (Lipinski definition) is 6. The van der Waals surface area contributed by atoms with Crippen LogP contribution >= 0.6 is 22.9 Å². The number of carbonyl (C=O) groups is 1. The van der Waals surface area contributed by atoms with Crippen LogP contribution in [0.4, 0.5) is 5.82 Å². The third kappa shape index (κ3) is 4.26. The lowest BCUT2D eigenvalue weighted by Gasteiger charge is -2.37. The first-order valence-electron chi connectivity index (χ1n) is 9.68. The van der Waals surface area contributed by atoms with Gasteiger partial charge in [-0.25, -0.2) is 4.98 Å². The van der Waals surface area contributed by atoms with Gasteiger partial charge in [-0.1, -0.05) is 29.5 Å². The van der Waals surface area contributed by atoms with Crippen molar-refractivity contribution >= 4 is 45.7 Å². The van der Waals surface area contributed by atoms with E-state index in [1.54, 1.807) is 18.3 Å². The van der Waals surface area contributed by atoms with Gasteiger partial charge in [0, 0.05) is 31.7 Å². The molecule has 3 heterocycles. The van der Waals surface area contributed by atoms with E-state index in [-0.39, 0.29) is 18.6 Å². The molecule has 1 N–H and O–H groups in total. The fourth-order valence-electron chi connectivity index (χ4n) is 3.63. The maximum Gasteiger partial charge on any atom is 0.263 e. The Bertz CT molecular complexity index is 1120. The zero-order valence-electron chi connectivity index (χ0n) is 16.5. The van der Waals surface area contributed by atoms with E-state index in [0.29, 0.717) is 21.6 Å². The summed E-state index contributed by atoms with van der Waals surface area (Å²) in [5.41, 5.74) is 2.04. The average molecular weight is 441 g/mol. The lowest BCUT2D eigenvalue weighted by Crippen LogP contribution is -2.45. The average Bonchev–Trinajstić information content (AvgIpc) is 3.31. The highest BCUT2D eigenvalue weighted by atomic mass is 35.5. The van der Waals surface area contributed by atoms with E-state index in [2.05, 4.69) is 21.7 Å². The first kappa shape index (κ1) is 20.6. The van der Waals surface area contributed by atoms with Gasteiger partial charge in [-0.15, -0.1) is 11.3 Å². The molecule has 30 heavy (non-hydrogen) atoms. The Labute approximate surface area is 184 Å². The zero-order valence-corrected chi connectivity index (χ0v) is 18.1. The SMILES string of the molecule is CN(C(=O)c1cccs1)C1CCN(c2cnc3cc(Cl)c(C#CCO)cc3n2)CC1. The van der Waals surface area contributed by atoms with Crippen molar-refractivity contribution in [1.29, 1.82) is 0 Å². The molecule has 2 aromatic heterocycles. The van der Waals surface area contributed by atoms with Crippen LogP contribution in [-0.2, 0) is 0 Å². The van der Waals surface area contributed by atoms with Gasteiger partial charge < -0.3 is 14.9 Å². The smallest absolute Gasteiger partial charge is 0.263 e. The maximum atomic E-state index is 12.6. The number of piperidine rings is 1. The molecule has 0 atom stereocenters. The zero-order chi connectivity index (χ0) is 21.1. The molecule has 1 aliphatic heterocycles. The van der Waals surface area contributed by atoms with E-state index in [1.807, 2.05) is 29.5 Å². The fraction of sp³-hybridized carbons (Fsp3) is 0.318. The topological polar surface area (TPSA) is 69.6 Å². The van der Waals surface area contributed by atoms with Crippen LogP contribution in [0.25, 0.3) is 11.0 Å². The summed E-state index contributed by atoms with van der Waals surface area (Å²) in [6.45, 7) is 1.38. The molecule has 1 saturated heterocycles. The summed E-state index contributed by atoms with van der Waals surface area (Å²) in [5.74, 6) is 6.35. The molecule has 3 aromatic rings. The summed E-state index contributed by atoms with van der Waals surface area (Å²) in [4.78, 5) is 26.7. The van der Waals surface area contributed by atoms with Crippen LogP contribution in [0.3, 0.4) is 0 Å². The predicted octanol–water partition coefficient (Wildman–Crippen LogP) is 3.43. The first-order valence-corrected chi connectivity index (χ1v) is 10.9. The van der Waals surface area contributed by atoms with Gasteiger partial charge in [-0.05, 0) is 36.4 Å². The fourth-order valence-corrected chi connectivity index (χ4v) is 4.54. The molecular weight excluding hydrogens is 420 g/mol. The number of aromatic nitrogens is 2. The van der Waals surface area contributed by atoms with Crippen molar-refractivity contribution in [3.05, 3.63) is 51.3 Å². The molecule has 0 aliphatic carbocycles. The highest BCUT2D eigenvalue weighted by Crippen LogP contribution is 2.26. The van der Waals surface area contributed by atoms with Crippen molar-refractivity contribution in [2.45, 2.75) is 18.9 Å². The van der Waals surface area contributed by atoms with Crippen LogP contribution in [-0.4, -0.2) is 58.7 Å². The molecule has 0 radical (unpaired) electrons. The summed E-state index contributed by atoms with van der Waals surface area (Å²) in [5, 5.41) is 11.3. The predicted molar refractivity (Wildman–Crippen MR) is 120 cm³/mol. The van der Waals surface area contributed by atoms with Crippen molar-refractivity contribution in [2.24, 2.45) is 0 Å². The summed E-state index contributed by atoms with van der Waals surface area (Å²) >= 11 is 7.72. The maximum absolute atomic E-state index is 12.6. The lowest BCUT2D eigenvalue weighted by molar-refractivity contribution is 0.0714. The molecule has 0 bridgehead atoms. The quantitative estimate of drug-likeness (QED) is 0.632. The minimum atomic E-state index is -0.224. The molecule has 1 fully saturated rings. The van der Waals surface area contributed by atoms with Gasteiger partial charge in [0.15, 0.2) is 0 Å². The number of fused-ring (bicyclic) bond motifs is 1. The Morgan fingerprint density at radius 2 is 2.17 bits per heavy atom. The first-order chi connectivity index (χ1) is 14.6. The summed E-state index contributed by atoms with van der Waals surface area (Å²) in [6.07, 6.45) is 3.51. The standard InChI is InChI=1S/C22H21ClN4O2S/c1-26(22(29)20-5-3-11-30-20)16-6-8-27(9-7-16)21-14-24-18-13-17(23)15(4-2-10-28)12-19(18)25-21/h3,5,11-14,16,28H,6-10H2,1H3. The molecule has 1 amide bonds. The van der Waals surface area contributed by atoms with E-state index in [9.17, 15) is 4.79 Å². The Kier molecular flexibility index (Phi) is 6.18. The third-order valence-electron chi connectivity index (χ3n) is 5.31. The van der Waals surface area contributed by atoms with Crippen LogP contribution < -0.4 is 4.90 Å². The molecule has 1 aliphatic rings. The Morgan fingerprint density at radius 1 is 1.37 bits per heavy atom. The Balaban J connectivity index is 1.47. The van der Waals surface area contributed by atoms with Gasteiger partial charge in [0.1, 0.15) is 12.4 Å². The van der Waals surface area contributed by atoms with E-state index in [0.717, 1.165) is 36.6 Å². The number of rotatable bonds is 3. The van der Waals surface area contributed by atoms with Gasteiger partial charge >= 0.3 is 0 Å². The van der Waals surface area contributed by atoms with Gasteiger partial charge in [-0.3, -0.25) is 9.78 Å². The van der Waals surface area contributed by atoms with E-state index in [4.69, 9.17) is 21.7 Å². The normalized spacial score (nSPS) is 14.4. The molecule has 4 rings (SSSR count). The minimum absolute atomic E-state index is 0.0855. The van der Waals surface area contributed by atoms with Gasteiger partial charge in [-0.2, -0.15) is 0 Å². The Hall–Kier alpha value is -2.66. The summed E-state index contributed by atoms with van der Waals surface area (Å²) in [6, 6.07) is 7.53. The molecule has 8 heteroatoms. The monoisotopic (exact) mass is 440 g/mol. The van der Waals surface area contributed by atoms with Crippen molar-refractivity contribution in [3.63, 3.8) is 0 Å². The van der Waals surface area contributed by atoms with Crippen LogP contribution in [0.15, 0.2) is 35.8 Å². The van der Waals surface area contributed by atoms with Crippen LogP contribution in [0, 0.1) is 11.8 Å². The number of halogens is 1. The van der Waals surface area contributed by atoms with Crippen molar-refractivity contribution < 1.29 is 9.90 Å². The van der Waals surface area contributed by atoms with Gasteiger partial charge in [0.2, 0.25) is 0 Å². The second-order valence-corrected chi connectivity index (χ2v) is 8.48. The van der Waals surface area contributed by atoms with E-state index >= 15 is 0 Å². The highest BCUT2D eigenvalue weighted by molar-refractivity contribution is 7.12. The molecule has 1 aromatic carbocycles. The molecule has 0 saturated carbocycles. The number of aliphatic hydroxyl groups excluding tert-OH is 1. The number of carbonyl (C=O) groups excluding carboxylic acids is 1. The molecule has 154 valence electrons. The van der Waals surface area contributed by atoms with Crippen molar-refractivity contribution in [2.75, 3.05) is 31.6 Å².